The standard InChI is InChI=1S/C6H9N2O5P/c1-12-14(11,13-2)4-3-7-6(10)8-5(4)9/h3H,1-2H3,(H2,7,8,9,10). The number of hydrogen-bond donors (Lipinski definition) is 2. The molecule has 1 aromatic rings. The van der Waals surface area contributed by atoms with Gasteiger partial charge in [0.25, 0.3) is 5.56 Å². The summed E-state index contributed by atoms with van der Waals surface area (Å²) in [6, 6.07) is 0. The molecule has 0 saturated heterocycles. The molecule has 0 saturated carbocycles. The van der Waals surface area contributed by atoms with Crippen molar-refractivity contribution in [3.05, 3.63) is 27.0 Å². The summed E-state index contributed by atoms with van der Waals surface area (Å²) in [5, 5.41) is -0.234. The third-order valence-electron chi connectivity index (χ3n) is 1.58. The van der Waals surface area contributed by atoms with Crippen molar-refractivity contribution >= 4 is 12.9 Å². The fourth-order valence-electron chi connectivity index (χ4n) is 0.877. The summed E-state index contributed by atoms with van der Waals surface area (Å²) in [5.74, 6) is 0. The van der Waals surface area contributed by atoms with Crippen LogP contribution in [0.25, 0.3) is 0 Å². The number of rotatable bonds is 3. The minimum atomic E-state index is -3.60. The zero-order valence-electron chi connectivity index (χ0n) is 7.57. The zero-order chi connectivity index (χ0) is 10.8. The molecule has 0 aliphatic rings. The fraction of sp³-hybridized carbons (Fsp3) is 0.333. The van der Waals surface area contributed by atoms with E-state index in [-0.39, 0.29) is 5.30 Å². The van der Waals surface area contributed by atoms with E-state index in [1.54, 1.807) is 0 Å². The normalized spacial score (nSPS) is 11.6. The Morgan fingerprint density at radius 1 is 1.29 bits per heavy atom. The Balaban J connectivity index is 3.40. The highest BCUT2D eigenvalue weighted by Crippen LogP contribution is 2.43. The SMILES string of the molecule is COP(=O)(OC)c1c[nH]c(=O)[nH]c1=O. The van der Waals surface area contributed by atoms with E-state index in [4.69, 9.17) is 0 Å². The molecular weight excluding hydrogens is 211 g/mol. The lowest BCUT2D eigenvalue weighted by atomic mass is 10.7. The van der Waals surface area contributed by atoms with Gasteiger partial charge in [-0.15, -0.1) is 0 Å². The van der Waals surface area contributed by atoms with E-state index in [2.05, 4.69) is 14.0 Å². The van der Waals surface area contributed by atoms with Crippen LogP contribution in [0.2, 0.25) is 0 Å². The van der Waals surface area contributed by atoms with Crippen molar-refractivity contribution in [2.75, 3.05) is 14.2 Å². The van der Waals surface area contributed by atoms with Crippen LogP contribution in [0.15, 0.2) is 15.8 Å². The Morgan fingerprint density at radius 2 is 1.86 bits per heavy atom. The monoisotopic (exact) mass is 220 g/mol. The van der Waals surface area contributed by atoms with Gasteiger partial charge in [0.15, 0.2) is 0 Å². The predicted octanol–water partition coefficient (Wildman–Crippen LogP) is -0.826. The highest BCUT2D eigenvalue weighted by molar-refractivity contribution is 7.62. The van der Waals surface area contributed by atoms with Crippen LogP contribution in [-0.2, 0) is 13.6 Å². The number of nitrogens with one attached hydrogen (secondary N) is 2. The summed E-state index contributed by atoms with van der Waals surface area (Å²) in [5.41, 5.74) is -1.47. The van der Waals surface area contributed by atoms with Crippen molar-refractivity contribution in [2.24, 2.45) is 0 Å². The van der Waals surface area contributed by atoms with Crippen molar-refractivity contribution in [3.63, 3.8) is 0 Å². The van der Waals surface area contributed by atoms with Gasteiger partial charge < -0.3 is 14.0 Å². The molecule has 0 spiro atoms. The molecule has 0 bridgehead atoms. The van der Waals surface area contributed by atoms with Gasteiger partial charge in [-0.3, -0.25) is 14.3 Å². The fourth-order valence-corrected chi connectivity index (χ4v) is 1.95. The molecule has 0 aliphatic carbocycles. The topological polar surface area (TPSA) is 101 Å². The second kappa shape index (κ2) is 3.91. The van der Waals surface area contributed by atoms with Gasteiger partial charge in [0.1, 0.15) is 5.30 Å². The molecule has 14 heavy (non-hydrogen) atoms. The number of H-pyrrole nitrogens is 2. The first-order valence-corrected chi connectivity index (χ1v) is 5.12. The van der Waals surface area contributed by atoms with Gasteiger partial charge in [0.2, 0.25) is 0 Å². The van der Waals surface area contributed by atoms with Crippen LogP contribution in [0, 0.1) is 0 Å². The van der Waals surface area contributed by atoms with Gasteiger partial charge in [0, 0.05) is 20.4 Å². The summed E-state index contributed by atoms with van der Waals surface area (Å²) < 4.78 is 20.9. The van der Waals surface area contributed by atoms with Crippen LogP contribution in [0.3, 0.4) is 0 Å². The molecule has 1 aromatic heterocycles. The van der Waals surface area contributed by atoms with E-state index in [0.29, 0.717) is 0 Å². The first kappa shape index (κ1) is 10.9. The van der Waals surface area contributed by atoms with E-state index in [9.17, 15) is 14.2 Å². The van der Waals surface area contributed by atoms with E-state index in [0.717, 1.165) is 20.4 Å². The minimum Gasteiger partial charge on any atom is -0.313 e. The van der Waals surface area contributed by atoms with Crippen LogP contribution >= 0.6 is 7.60 Å². The maximum absolute atomic E-state index is 11.7. The van der Waals surface area contributed by atoms with E-state index in [1.807, 2.05) is 4.98 Å². The molecule has 0 atom stereocenters. The Labute approximate surface area is 78.6 Å². The molecule has 0 unspecified atom stereocenters. The van der Waals surface area contributed by atoms with Crippen molar-refractivity contribution in [3.8, 4) is 0 Å². The quantitative estimate of drug-likeness (QED) is 0.647. The number of aromatic nitrogens is 2. The summed E-state index contributed by atoms with van der Waals surface area (Å²) >= 11 is 0. The molecular formula is C6H9N2O5P. The lowest BCUT2D eigenvalue weighted by molar-refractivity contribution is 0.287. The van der Waals surface area contributed by atoms with Crippen LogP contribution in [0.1, 0.15) is 0 Å². The molecule has 0 radical (unpaired) electrons. The molecule has 0 aromatic carbocycles. The van der Waals surface area contributed by atoms with Gasteiger partial charge in [-0.1, -0.05) is 0 Å². The number of hydrogen-bond acceptors (Lipinski definition) is 5. The summed E-state index contributed by atoms with van der Waals surface area (Å²) in [7, 11) is -1.31. The second-order valence-corrected chi connectivity index (χ2v) is 4.53. The van der Waals surface area contributed by atoms with Crippen molar-refractivity contribution < 1.29 is 13.6 Å². The zero-order valence-corrected chi connectivity index (χ0v) is 8.46. The smallest absolute Gasteiger partial charge is 0.313 e. The second-order valence-electron chi connectivity index (χ2n) is 2.32. The predicted molar refractivity (Wildman–Crippen MR) is 48.9 cm³/mol. The molecule has 0 fully saturated rings. The molecule has 7 nitrogen and oxygen atoms in total. The minimum absolute atomic E-state index is 0.234. The van der Waals surface area contributed by atoms with Crippen LogP contribution < -0.4 is 16.6 Å². The third-order valence-corrected chi connectivity index (χ3v) is 3.46. The van der Waals surface area contributed by atoms with Crippen LogP contribution in [-0.4, -0.2) is 24.2 Å². The maximum atomic E-state index is 11.7. The maximum Gasteiger partial charge on any atom is 0.367 e. The highest BCUT2D eigenvalue weighted by Gasteiger charge is 2.28. The molecule has 1 heterocycles. The molecule has 2 N–H and O–H groups in total. The van der Waals surface area contributed by atoms with E-state index >= 15 is 0 Å². The van der Waals surface area contributed by atoms with E-state index < -0.39 is 18.8 Å². The van der Waals surface area contributed by atoms with Crippen LogP contribution in [0.5, 0.6) is 0 Å². The Bertz CT molecular complexity index is 468. The highest BCUT2D eigenvalue weighted by atomic mass is 31.2. The Morgan fingerprint density at radius 3 is 2.29 bits per heavy atom. The molecule has 78 valence electrons. The third kappa shape index (κ3) is 1.84. The van der Waals surface area contributed by atoms with Gasteiger partial charge >= 0.3 is 13.3 Å². The van der Waals surface area contributed by atoms with Crippen LogP contribution in [0.4, 0.5) is 0 Å². The molecule has 8 heteroatoms. The van der Waals surface area contributed by atoms with Crippen molar-refractivity contribution in [1.82, 2.24) is 9.97 Å². The average molecular weight is 220 g/mol. The summed E-state index contributed by atoms with van der Waals surface area (Å²) in [6.07, 6.45) is 1.01. The lowest BCUT2D eigenvalue weighted by Gasteiger charge is -2.11. The van der Waals surface area contributed by atoms with Gasteiger partial charge in [0.05, 0.1) is 0 Å². The average Bonchev–Trinajstić information content (AvgIpc) is 2.17. The Hall–Kier alpha value is -1.17. The van der Waals surface area contributed by atoms with Gasteiger partial charge in [-0.05, 0) is 0 Å². The summed E-state index contributed by atoms with van der Waals surface area (Å²) in [4.78, 5) is 25.9. The number of aromatic amines is 2. The molecule has 0 aliphatic heterocycles. The first-order valence-electron chi connectivity index (χ1n) is 3.57. The lowest BCUT2D eigenvalue weighted by Crippen LogP contribution is -2.35. The Kier molecular flexibility index (Phi) is 3.05. The van der Waals surface area contributed by atoms with E-state index in [1.165, 1.54) is 0 Å². The molecule has 1 rings (SSSR count). The van der Waals surface area contributed by atoms with Crippen molar-refractivity contribution in [1.29, 1.82) is 0 Å². The largest absolute Gasteiger partial charge is 0.367 e. The van der Waals surface area contributed by atoms with Gasteiger partial charge in [-0.25, -0.2) is 4.79 Å². The summed E-state index contributed by atoms with van der Waals surface area (Å²) in [6.45, 7) is 0. The first-order chi connectivity index (χ1) is 6.53. The van der Waals surface area contributed by atoms with Gasteiger partial charge in [-0.2, -0.15) is 0 Å². The molecule has 0 amide bonds. The van der Waals surface area contributed by atoms with Crippen molar-refractivity contribution in [2.45, 2.75) is 0 Å².